The normalized spacial score (nSPS) is 18.2. The number of nitrogens with zero attached hydrogens (tertiary/aromatic N) is 6. The van der Waals surface area contributed by atoms with Gasteiger partial charge in [0.15, 0.2) is 23.0 Å². The molecule has 0 radical (unpaired) electrons. The summed E-state index contributed by atoms with van der Waals surface area (Å²) in [5, 5.41) is 0. The molecule has 1 aliphatic rings. The second-order valence-electron chi connectivity index (χ2n) is 6.10. The highest BCUT2D eigenvalue weighted by Gasteiger charge is 2.30. The number of rotatable bonds is 3. The standard InChI is InChI=1S/C16H18N6O2/c1-10-20-12-14(18-9-19-16(12)24-10)22-6-3-4-11(8-22)13(23)15-17-5-7-21(15)2/h5,7,9,11H,3-4,6,8H2,1-2H3. The summed E-state index contributed by atoms with van der Waals surface area (Å²) in [5.41, 5.74) is 1.13. The van der Waals surface area contributed by atoms with Crippen molar-refractivity contribution >= 4 is 22.8 Å². The Kier molecular flexibility index (Phi) is 3.51. The van der Waals surface area contributed by atoms with Crippen LogP contribution < -0.4 is 4.90 Å². The quantitative estimate of drug-likeness (QED) is 0.677. The van der Waals surface area contributed by atoms with Crippen molar-refractivity contribution in [2.24, 2.45) is 13.0 Å². The van der Waals surface area contributed by atoms with Crippen LogP contribution in [0.15, 0.2) is 23.1 Å². The maximum atomic E-state index is 12.7. The Balaban J connectivity index is 1.63. The summed E-state index contributed by atoms with van der Waals surface area (Å²) < 4.78 is 7.25. The van der Waals surface area contributed by atoms with Crippen molar-refractivity contribution < 1.29 is 9.21 Å². The number of aromatic nitrogens is 5. The molecule has 24 heavy (non-hydrogen) atoms. The molecule has 4 heterocycles. The summed E-state index contributed by atoms with van der Waals surface area (Å²) in [5.74, 6) is 1.78. The lowest BCUT2D eigenvalue weighted by atomic mass is 9.93. The van der Waals surface area contributed by atoms with Gasteiger partial charge in [-0.2, -0.15) is 4.98 Å². The molecule has 0 aliphatic carbocycles. The first-order valence-electron chi connectivity index (χ1n) is 7.98. The fourth-order valence-corrected chi connectivity index (χ4v) is 3.25. The van der Waals surface area contributed by atoms with Crippen LogP contribution in [0, 0.1) is 12.8 Å². The minimum Gasteiger partial charge on any atom is -0.422 e. The van der Waals surface area contributed by atoms with E-state index in [0.29, 0.717) is 29.5 Å². The Morgan fingerprint density at radius 1 is 1.33 bits per heavy atom. The molecule has 1 unspecified atom stereocenters. The highest BCUT2D eigenvalue weighted by atomic mass is 16.4. The zero-order chi connectivity index (χ0) is 16.7. The van der Waals surface area contributed by atoms with Gasteiger partial charge in [-0.15, -0.1) is 0 Å². The predicted octanol–water partition coefficient (Wildman–Crippen LogP) is 1.76. The summed E-state index contributed by atoms with van der Waals surface area (Å²) >= 11 is 0. The third kappa shape index (κ3) is 2.44. The molecule has 0 bridgehead atoms. The molecular weight excluding hydrogens is 308 g/mol. The third-order valence-corrected chi connectivity index (χ3v) is 4.42. The fourth-order valence-electron chi connectivity index (χ4n) is 3.25. The molecule has 0 aromatic carbocycles. The van der Waals surface area contributed by atoms with Gasteiger partial charge in [-0.3, -0.25) is 4.79 Å². The highest BCUT2D eigenvalue weighted by Crippen LogP contribution is 2.28. The van der Waals surface area contributed by atoms with E-state index in [1.54, 1.807) is 23.9 Å². The number of oxazole rings is 1. The van der Waals surface area contributed by atoms with Gasteiger partial charge in [0.05, 0.1) is 0 Å². The van der Waals surface area contributed by atoms with E-state index in [2.05, 4.69) is 24.8 Å². The van der Waals surface area contributed by atoms with Crippen LogP contribution in [0.25, 0.3) is 11.2 Å². The van der Waals surface area contributed by atoms with E-state index in [9.17, 15) is 4.79 Å². The highest BCUT2D eigenvalue weighted by molar-refractivity contribution is 5.95. The molecule has 0 amide bonds. The second-order valence-corrected chi connectivity index (χ2v) is 6.10. The van der Waals surface area contributed by atoms with Gasteiger partial charge in [-0.1, -0.05) is 0 Å². The SMILES string of the molecule is Cc1nc2c(N3CCCC(C(=O)c4nccn4C)C3)ncnc2o1. The summed E-state index contributed by atoms with van der Waals surface area (Å²) in [6.07, 6.45) is 6.70. The van der Waals surface area contributed by atoms with Gasteiger partial charge < -0.3 is 13.9 Å². The van der Waals surface area contributed by atoms with Crippen LogP contribution in [-0.4, -0.2) is 43.4 Å². The molecule has 0 saturated carbocycles. The molecule has 3 aromatic rings. The van der Waals surface area contributed by atoms with Gasteiger partial charge in [0.2, 0.25) is 5.78 Å². The summed E-state index contributed by atoms with van der Waals surface area (Å²) in [7, 11) is 1.84. The number of piperidine rings is 1. The predicted molar refractivity (Wildman–Crippen MR) is 86.8 cm³/mol. The van der Waals surface area contributed by atoms with Crippen LogP contribution in [0.4, 0.5) is 5.82 Å². The zero-order valence-electron chi connectivity index (χ0n) is 13.6. The molecule has 4 rings (SSSR count). The zero-order valence-corrected chi connectivity index (χ0v) is 13.6. The second kappa shape index (κ2) is 5.70. The van der Waals surface area contributed by atoms with Gasteiger partial charge in [-0.25, -0.2) is 15.0 Å². The first kappa shape index (κ1) is 14.8. The maximum absolute atomic E-state index is 12.7. The minimum absolute atomic E-state index is 0.0776. The van der Waals surface area contributed by atoms with Crippen LogP contribution in [0.2, 0.25) is 0 Å². The number of carbonyl (C=O) groups excluding carboxylic acids is 1. The van der Waals surface area contributed by atoms with Crippen LogP contribution in [0.3, 0.4) is 0 Å². The monoisotopic (exact) mass is 326 g/mol. The number of anilines is 1. The average Bonchev–Trinajstić information content (AvgIpc) is 3.18. The third-order valence-electron chi connectivity index (χ3n) is 4.42. The smallest absolute Gasteiger partial charge is 0.252 e. The molecule has 8 nitrogen and oxygen atoms in total. The van der Waals surface area contributed by atoms with Crippen molar-refractivity contribution in [2.45, 2.75) is 19.8 Å². The van der Waals surface area contributed by atoms with E-state index in [1.165, 1.54) is 6.33 Å². The van der Waals surface area contributed by atoms with Crippen molar-refractivity contribution in [3.05, 3.63) is 30.4 Å². The molecule has 1 atom stereocenters. The van der Waals surface area contributed by atoms with Crippen molar-refractivity contribution in [3.8, 4) is 0 Å². The molecular formula is C16H18N6O2. The summed E-state index contributed by atoms with van der Waals surface area (Å²) in [6.45, 7) is 3.22. The Morgan fingerprint density at radius 2 is 2.21 bits per heavy atom. The van der Waals surface area contributed by atoms with E-state index in [1.807, 2.05) is 7.05 Å². The van der Waals surface area contributed by atoms with E-state index < -0.39 is 0 Å². The molecule has 8 heteroatoms. The lowest BCUT2D eigenvalue weighted by Crippen LogP contribution is -2.40. The van der Waals surface area contributed by atoms with E-state index in [4.69, 9.17) is 4.42 Å². The van der Waals surface area contributed by atoms with Crippen molar-refractivity contribution in [2.75, 3.05) is 18.0 Å². The molecule has 1 saturated heterocycles. The van der Waals surface area contributed by atoms with Crippen LogP contribution in [0.1, 0.15) is 29.4 Å². The molecule has 1 aliphatic heterocycles. The Labute approximate surface area is 138 Å². The molecule has 3 aromatic heterocycles. The summed E-state index contributed by atoms with van der Waals surface area (Å²) in [6, 6.07) is 0. The van der Waals surface area contributed by atoms with Crippen LogP contribution in [-0.2, 0) is 7.05 Å². The minimum atomic E-state index is -0.0992. The largest absolute Gasteiger partial charge is 0.422 e. The van der Waals surface area contributed by atoms with E-state index >= 15 is 0 Å². The Bertz CT molecular complexity index is 899. The van der Waals surface area contributed by atoms with E-state index in [0.717, 1.165) is 25.2 Å². The maximum Gasteiger partial charge on any atom is 0.252 e. The number of hydrogen-bond acceptors (Lipinski definition) is 7. The molecule has 0 spiro atoms. The lowest BCUT2D eigenvalue weighted by molar-refractivity contribution is 0.0893. The average molecular weight is 326 g/mol. The summed E-state index contributed by atoms with van der Waals surface area (Å²) in [4.78, 5) is 31.9. The number of aryl methyl sites for hydroxylation is 2. The number of ketones is 1. The number of carbonyl (C=O) groups is 1. The topological polar surface area (TPSA) is 89.9 Å². The van der Waals surface area contributed by atoms with Crippen molar-refractivity contribution in [1.82, 2.24) is 24.5 Å². The Hall–Kier alpha value is -2.77. The number of hydrogen-bond donors (Lipinski definition) is 0. The number of imidazole rings is 1. The molecule has 1 fully saturated rings. The first-order valence-corrected chi connectivity index (χ1v) is 7.98. The van der Waals surface area contributed by atoms with E-state index in [-0.39, 0.29) is 11.7 Å². The van der Waals surface area contributed by atoms with Crippen molar-refractivity contribution in [3.63, 3.8) is 0 Å². The van der Waals surface area contributed by atoms with Gasteiger partial charge in [-0.05, 0) is 12.8 Å². The fraction of sp³-hybridized carbons (Fsp3) is 0.438. The van der Waals surface area contributed by atoms with Gasteiger partial charge in [0, 0.05) is 45.4 Å². The van der Waals surface area contributed by atoms with Crippen molar-refractivity contribution in [1.29, 1.82) is 0 Å². The van der Waals surface area contributed by atoms with Gasteiger partial charge in [0.25, 0.3) is 5.71 Å². The van der Waals surface area contributed by atoms with Crippen LogP contribution in [0.5, 0.6) is 0 Å². The Morgan fingerprint density at radius 3 is 3.00 bits per heavy atom. The lowest BCUT2D eigenvalue weighted by Gasteiger charge is -2.32. The first-order chi connectivity index (χ1) is 11.6. The van der Waals surface area contributed by atoms with Gasteiger partial charge in [0.1, 0.15) is 6.33 Å². The van der Waals surface area contributed by atoms with Crippen LogP contribution >= 0.6 is 0 Å². The molecule has 124 valence electrons. The van der Waals surface area contributed by atoms with Gasteiger partial charge >= 0.3 is 0 Å². The number of fused-ring (bicyclic) bond motifs is 1. The number of Topliss-reactive ketones (excluding diaryl/α,β-unsaturated/α-hetero) is 1. The molecule has 0 N–H and O–H groups in total.